The number of hydrogen-bond donors (Lipinski definition) is 2. The van der Waals surface area contributed by atoms with Gasteiger partial charge in [-0.25, -0.2) is 9.59 Å². The third-order valence-electron chi connectivity index (χ3n) is 5.06. The van der Waals surface area contributed by atoms with Gasteiger partial charge in [-0.3, -0.25) is 0 Å². The first-order valence-corrected chi connectivity index (χ1v) is 10.1. The summed E-state index contributed by atoms with van der Waals surface area (Å²) in [6.45, 7) is 8.21. The van der Waals surface area contributed by atoms with Crippen LogP contribution in [0.3, 0.4) is 0 Å². The number of benzene rings is 1. The molecule has 0 atom stereocenters. The van der Waals surface area contributed by atoms with E-state index >= 15 is 0 Å². The molecule has 0 saturated carbocycles. The van der Waals surface area contributed by atoms with E-state index in [9.17, 15) is 19.8 Å². The van der Waals surface area contributed by atoms with Gasteiger partial charge in [0.15, 0.2) is 0 Å². The highest BCUT2D eigenvalue weighted by Crippen LogP contribution is 2.33. The Morgan fingerprint density at radius 3 is 1.38 bits per heavy atom. The van der Waals surface area contributed by atoms with Crippen molar-refractivity contribution in [2.75, 3.05) is 0 Å². The lowest BCUT2D eigenvalue weighted by molar-refractivity contribution is 0.0693. The average Bonchev–Trinajstić information content (AvgIpc) is 2.61. The molecule has 0 unspecified atom stereocenters. The quantitative estimate of drug-likeness (QED) is 0.502. The minimum atomic E-state index is -0.991. The average molecular weight is 363 g/mol. The fourth-order valence-corrected chi connectivity index (χ4v) is 3.77. The number of carbonyl (C=O) groups is 2. The molecule has 1 rings (SSSR count). The SMILES string of the molecule is CCCCc1c(CC)c(C(=O)O)c(CCCC)c(C(=O)O)c1CCCC. The zero-order valence-corrected chi connectivity index (χ0v) is 16.8. The predicted octanol–water partition coefficient (Wildman–Crippen LogP) is 5.67. The van der Waals surface area contributed by atoms with E-state index in [1.165, 1.54) is 0 Å². The molecule has 4 heteroatoms. The highest BCUT2D eigenvalue weighted by Gasteiger charge is 2.28. The molecule has 0 spiro atoms. The van der Waals surface area contributed by atoms with Gasteiger partial charge in [0.25, 0.3) is 0 Å². The van der Waals surface area contributed by atoms with Gasteiger partial charge in [-0.05, 0) is 67.2 Å². The Kier molecular flexibility index (Phi) is 9.39. The van der Waals surface area contributed by atoms with Gasteiger partial charge in [0.05, 0.1) is 11.1 Å². The van der Waals surface area contributed by atoms with E-state index in [4.69, 9.17) is 0 Å². The van der Waals surface area contributed by atoms with Gasteiger partial charge in [-0.1, -0.05) is 47.0 Å². The zero-order valence-electron chi connectivity index (χ0n) is 16.8. The Balaban J connectivity index is 3.85. The number of carboxylic acids is 2. The minimum Gasteiger partial charge on any atom is -0.478 e. The van der Waals surface area contributed by atoms with E-state index in [0.29, 0.717) is 24.8 Å². The molecule has 0 amide bonds. The van der Waals surface area contributed by atoms with E-state index < -0.39 is 11.9 Å². The van der Waals surface area contributed by atoms with Crippen LogP contribution in [-0.2, 0) is 25.7 Å². The Labute approximate surface area is 157 Å². The number of carboxylic acid groups (broad SMARTS) is 2. The van der Waals surface area contributed by atoms with Gasteiger partial charge < -0.3 is 10.2 Å². The predicted molar refractivity (Wildman–Crippen MR) is 106 cm³/mol. The maximum atomic E-state index is 12.2. The van der Waals surface area contributed by atoms with Crippen LogP contribution in [0.5, 0.6) is 0 Å². The molecular weight excluding hydrogens is 328 g/mol. The first-order valence-electron chi connectivity index (χ1n) is 10.1. The summed E-state index contributed by atoms with van der Waals surface area (Å²) in [6.07, 6.45) is 8.15. The van der Waals surface area contributed by atoms with Gasteiger partial charge >= 0.3 is 11.9 Å². The van der Waals surface area contributed by atoms with Crippen molar-refractivity contribution in [3.63, 3.8) is 0 Å². The molecule has 0 fully saturated rings. The molecule has 26 heavy (non-hydrogen) atoms. The molecule has 0 aliphatic heterocycles. The minimum absolute atomic E-state index is 0.254. The van der Waals surface area contributed by atoms with Crippen LogP contribution in [0.15, 0.2) is 0 Å². The van der Waals surface area contributed by atoms with E-state index in [-0.39, 0.29) is 11.1 Å². The summed E-state index contributed by atoms with van der Waals surface area (Å²) in [4.78, 5) is 24.3. The van der Waals surface area contributed by atoms with Crippen LogP contribution < -0.4 is 0 Å². The van der Waals surface area contributed by atoms with Crippen LogP contribution in [0, 0.1) is 0 Å². The van der Waals surface area contributed by atoms with Crippen molar-refractivity contribution >= 4 is 11.9 Å². The number of aromatic carboxylic acids is 2. The van der Waals surface area contributed by atoms with E-state index in [0.717, 1.165) is 61.6 Å². The molecule has 2 N–H and O–H groups in total. The van der Waals surface area contributed by atoms with Crippen molar-refractivity contribution in [3.8, 4) is 0 Å². The van der Waals surface area contributed by atoms with Crippen LogP contribution in [0.25, 0.3) is 0 Å². The van der Waals surface area contributed by atoms with Crippen LogP contribution in [0.2, 0.25) is 0 Å². The van der Waals surface area contributed by atoms with Gasteiger partial charge in [0.2, 0.25) is 0 Å². The highest BCUT2D eigenvalue weighted by molar-refractivity contribution is 5.99. The maximum absolute atomic E-state index is 12.2. The van der Waals surface area contributed by atoms with E-state index in [1.807, 2.05) is 13.8 Å². The fraction of sp³-hybridized carbons (Fsp3) is 0.636. The normalized spacial score (nSPS) is 10.9. The number of unbranched alkanes of at least 4 members (excludes halogenated alkanes) is 3. The third-order valence-corrected chi connectivity index (χ3v) is 5.06. The lowest BCUT2D eigenvalue weighted by Gasteiger charge is -2.23. The Morgan fingerprint density at radius 1 is 0.615 bits per heavy atom. The molecule has 1 aromatic rings. The smallest absolute Gasteiger partial charge is 0.336 e. The lowest BCUT2D eigenvalue weighted by Crippen LogP contribution is -2.20. The second-order valence-corrected chi connectivity index (χ2v) is 6.94. The Bertz CT molecular complexity index is 632. The van der Waals surface area contributed by atoms with Crippen molar-refractivity contribution < 1.29 is 19.8 Å². The molecule has 0 aliphatic rings. The topological polar surface area (TPSA) is 74.6 Å². The number of rotatable bonds is 12. The summed E-state index contributed by atoms with van der Waals surface area (Å²) in [7, 11) is 0. The molecule has 0 aliphatic carbocycles. The molecule has 0 bridgehead atoms. The lowest BCUT2D eigenvalue weighted by atomic mass is 9.80. The van der Waals surface area contributed by atoms with E-state index in [1.54, 1.807) is 0 Å². The second-order valence-electron chi connectivity index (χ2n) is 6.94. The molecule has 0 aromatic heterocycles. The van der Waals surface area contributed by atoms with Crippen LogP contribution in [-0.4, -0.2) is 22.2 Å². The van der Waals surface area contributed by atoms with Gasteiger partial charge in [0.1, 0.15) is 0 Å². The van der Waals surface area contributed by atoms with Crippen molar-refractivity contribution in [2.45, 2.75) is 91.9 Å². The van der Waals surface area contributed by atoms with E-state index in [2.05, 4.69) is 13.8 Å². The highest BCUT2D eigenvalue weighted by atomic mass is 16.4. The summed E-state index contributed by atoms with van der Waals surface area (Å²) < 4.78 is 0. The molecule has 1 aromatic carbocycles. The van der Waals surface area contributed by atoms with Crippen LogP contribution in [0.4, 0.5) is 0 Å². The van der Waals surface area contributed by atoms with Crippen molar-refractivity contribution in [1.29, 1.82) is 0 Å². The Hall–Kier alpha value is -1.84. The summed E-state index contributed by atoms with van der Waals surface area (Å²) in [5.41, 5.74) is 3.79. The molecule has 4 nitrogen and oxygen atoms in total. The number of hydrogen-bond acceptors (Lipinski definition) is 2. The van der Waals surface area contributed by atoms with Gasteiger partial charge in [-0.15, -0.1) is 0 Å². The Morgan fingerprint density at radius 2 is 1.00 bits per heavy atom. The fourth-order valence-electron chi connectivity index (χ4n) is 3.77. The molecule has 146 valence electrons. The molecular formula is C22H34O4. The van der Waals surface area contributed by atoms with Gasteiger partial charge in [-0.2, -0.15) is 0 Å². The monoisotopic (exact) mass is 362 g/mol. The largest absolute Gasteiger partial charge is 0.478 e. The van der Waals surface area contributed by atoms with Crippen LogP contribution >= 0.6 is 0 Å². The first-order chi connectivity index (χ1) is 12.4. The summed E-state index contributed by atoms with van der Waals surface area (Å²) in [6, 6.07) is 0. The summed E-state index contributed by atoms with van der Waals surface area (Å²) in [5, 5.41) is 19.9. The first kappa shape index (κ1) is 22.2. The van der Waals surface area contributed by atoms with Crippen LogP contribution in [0.1, 0.15) is 109 Å². The second kappa shape index (κ2) is 11.0. The standard InChI is InChI=1S/C22H34O4/c1-5-9-12-16-15(8-4)19(21(23)24)18(14-11-7-3)20(22(25)26)17(16)13-10-6-2/h5-14H2,1-4H3,(H,23,24)(H,25,26). The third kappa shape index (κ3) is 5.09. The van der Waals surface area contributed by atoms with Crippen molar-refractivity contribution in [3.05, 3.63) is 33.4 Å². The molecule has 0 radical (unpaired) electrons. The maximum Gasteiger partial charge on any atom is 0.336 e. The summed E-state index contributed by atoms with van der Waals surface area (Å²) >= 11 is 0. The molecule has 0 heterocycles. The van der Waals surface area contributed by atoms with Crippen molar-refractivity contribution in [2.24, 2.45) is 0 Å². The summed E-state index contributed by atoms with van der Waals surface area (Å²) in [5.74, 6) is -1.97. The van der Waals surface area contributed by atoms with Gasteiger partial charge in [0, 0.05) is 0 Å². The zero-order chi connectivity index (χ0) is 19.7. The van der Waals surface area contributed by atoms with Crippen molar-refractivity contribution in [1.82, 2.24) is 0 Å². The molecule has 0 saturated heterocycles.